The zero-order chi connectivity index (χ0) is 34.5. The van der Waals surface area contributed by atoms with E-state index in [9.17, 15) is 27.6 Å². The fraction of sp³-hybridized carbons (Fsp3) is 0.441. The van der Waals surface area contributed by atoms with Crippen molar-refractivity contribution in [1.29, 1.82) is 0 Å². The summed E-state index contributed by atoms with van der Waals surface area (Å²) in [6, 6.07) is 9.85. The molecule has 1 saturated heterocycles. The summed E-state index contributed by atoms with van der Waals surface area (Å²) >= 11 is 6.33. The number of amides is 4. The van der Waals surface area contributed by atoms with Crippen LogP contribution in [0.3, 0.4) is 0 Å². The lowest BCUT2D eigenvalue weighted by molar-refractivity contribution is -0.131. The lowest BCUT2D eigenvalue weighted by Gasteiger charge is -2.24. The van der Waals surface area contributed by atoms with E-state index in [1.807, 2.05) is 6.07 Å². The molecule has 48 heavy (non-hydrogen) atoms. The van der Waals surface area contributed by atoms with Crippen LogP contribution in [0.2, 0.25) is 5.02 Å². The maximum Gasteiger partial charge on any atom is 0.328 e. The molecule has 0 saturated carbocycles. The number of oxazole rings is 1. The van der Waals surface area contributed by atoms with Crippen molar-refractivity contribution in [3.8, 4) is 0 Å². The van der Waals surface area contributed by atoms with Crippen LogP contribution in [0.5, 0.6) is 0 Å². The van der Waals surface area contributed by atoms with Crippen molar-refractivity contribution < 1.29 is 32.0 Å². The summed E-state index contributed by atoms with van der Waals surface area (Å²) in [5, 5.41) is 2.43. The smallest absolute Gasteiger partial charge is 0.328 e. The number of hydrogen-bond donors (Lipinski definition) is 2. The van der Waals surface area contributed by atoms with Gasteiger partial charge in [0.1, 0.15) is 6.54 Å². The van der Waals surface area contributed by atoms with Gasteiger partial charge in [0.15, 0.2) is 18.2 Å². The lowest BCUT2D eigenvalue weighted by Crippen LogP contribution is -2.52. The van der Waals surface area contributed by atoms with Crippen LogP contribution < -0.4 is 10.0 Å². The summed E-state index contributed by atoms with van der Waals surface area (Å²) < 4.78 is 33.8. The van der Waals surface area contributed by atoms with E-state index in [-0.39, 0.29) is 41.0 Å². The first-order chi connectivity index (χ1) is 23.1. The number of imide groups is 1. The molecular weight excluding hydrogens is 658 g/mol. The average Bonchev–Trinajstić information content (AvgIpc) is 3.70. The van der Waals surface area contributed by atoms with Crippen molar-refractivity contribution in [1.82, 2.24) is 19.5 Å². The second-order valence-electron chi connectivity index (χ2n) is 11.7. The summed E-state index contributed by atoms with van der Waals surface area (Å²) in [6.07, 6.45) is 13.2. The van der Waals surface area contributed by atoms with Crippen LogP contribution in [0.4, 0.5) is 10.5 Å². The molecule has 0 spiro atoms. The summed E-state index contributed by atoms with van der Waals surface area (Å²) in [5.41, 5.74) is 0.619. The molecule has 1 aliphatic rings. The Morgan fingerprint density at radius 2 is 1.62 bits per heavy atom. The number of rotatable bonds is 20. The Bertz CT molecular complexity index is 1650. The molecular formula is C34H42ClN5O7S. The number of carbonyl (C=O) groups excluding carboxylic acids is 4. The molecule has 0 radical (unpaired) electrons. The number of urea groups is 1. The molecule has 0 bridgehead atoms. The van der Waals surface area contributed by atoms with Crippen molar-refractivity contribution >= 4 is 50.9 Å². The largest absolute Gasteiger partial charge is 0.440 e. The van der Waals surface area contributed by atoms with E-state index in [0.29, 0.717) is 11.3 Å². The Morgan fingerprint density at radius 1 is 0.958 bits per heavy atom. The Labute approximate surface area is 286 Å². The van der Waals surface area contributed by atoms with Crippen molar-refractivity contribution in [2.45, 2.75) is 88.6 Å². The Balaban J connectivity index is 1.41. The number of benzene rings is 2. The van der Waals surface area contributed by atoms with E-state index in [1.54, 1.807) is 24.3 Å². The van der Waals surface area contributed by atoms with Gasteiger partial charge in [0.2, 0.25) is 15.8 Å². The normalized spacial score (nSPS) is 14.0. The minimum atomic E-state index is -3.96. The zero-order valence-electron chi connectivity index (χ0n) is 27.0. The van der Waals surface area contributed by atoms with Gasteiger partial charge < -0.3 is 14.6 Å². The third-order valence-electron chi connectivity index (χ3n) is 8.05. The minimum absolute atomic E-state index is 0.0207. The molecule has 3 aromatic rings. The van der Waals surface area contributed by atoms with Crippen LogP contribution in [0.25, 0.3) is 0 Å². The van der Waals surface area contributed by atoms with Gasteiger partial charge in [-0.3, -0.25) is 14.4 Å². The summed E-state index contributed by atoms with van der Waals surface area (Å²) in [5.74, 6) is -3.21. The molecule has 1 unspecified atom stereocenters. The van der Waals surface area contributed by atoms with Gasteiger partial charge in [-0.2, -0.15) is 0 Å². The van der Waals surface area contributed by atoms with Crippen molar-refractivity contribution in [2.75, 3.05) is 18.4 Å². The maximum atomic E-state index is 13.7. The molecule has 0 aliphatic carbocycles. The van der Waals surface area contributed by atoms with E-state index in [2.05, 4.69) is 21.9 Å². The number of Topliss-reactive ketones (excluding diaryl/α,β-unsaturated/α-hetero) is 1. The number of ketones is 1. The van der Waals surface area contributed by atoms with Gasteiger partial charge in [-0.1, -0.05) is 107 Å². The van der Waals surface area contributed by atoms with Crippen molar-refractivity contribution in [3.63, 3.8) is 0 Å². The number of unbranched alkanes of at least 4 members (excludes halogenated alkanes) is 9. The van der Waals surface area contributed by atoms with Crippen molar-refractivity contribution in [3.05, 3.63) is 77.5 Å². The van der Waals surface area contributed by atoms with Crippen molar-refractivity contribution in [2.24, 2.45) is 0 Å². The van der Waals surface area contributed by atoms with Gasteiger partial charge in [0.25, 0.3) is 11.8 Å². The first-order valence-corrected chi connectivity index (χ1v) is 18.2. The second kappa shape index (κ2) is 17.9. The minimum Gasteiger partial charge on any atom is -0.440 e. The molecule has 2 N–H and O–H groups in total. The highest BCUT2D eigenvalue weighted by molar-refractivity contribution is 7.89. The lowest BCUT2D eigenvalue weighted by atomic mass is 10.1. The molecule has 2 aromatic carbocycles. The summed E-state index contributed by atoms with van der Waals surface area (Å²) in [7, 11) is -3.96. The molecule has 14 heteroatoms. The number of aromatic nitrogens is 1. The van der Waals surface area contributed by atoms with E-state index < -0.39 is 39.7 Å². The molecule has 1 fully saturated rings. The number of halogens is 1. The Hall–Kier alpha value is -4.07. The van der Waals surface area contributed by atoms with Gasteiger partial charge in [-0.15, -0.1) is 0 Å². The number of carbonyl (C=O) groups is 4. The molecule has 1 atom stereocenters. The van der Waals surface area contributed by atoms with E-state index in [1.165, 1.54) is 55.6 Å². The van der Waals surface area contributed by atoms with Crippen LogP contribution >= 0.6 is 11.6 Å². The molecule has 1 aliphatic heterocycles. The molecule has 1 aromatic heterocycles. The quantitative estimate of drug-likeness (QED) is 0.0612. The summed E-state index contributed by atoms with van der Waals surface area (Å²) in [4.78, 5) is 59.1. The van der Waals surface area contributed by atoms with Gasteiger partial charge in [0.05, 0.1) is 21.8 Å². The standard InChI is InChI=1S/C34H42ClN5O7S/c1-2-3-4-5-6-7-8-9-10-14-19-37-48(45,46)26-17-18-27(35)28(20-26)38-33(43)31(32(42)29-21-36-24-47-29)40-30(41)23-39(34(40)44)22-25-15-12-11-13-16-25/h11-13,15-18,20-21,24,31,37H,2-10,14,19,22-23H2,1H3,(H,38,43). The third-order valence-corrected chi connectivity index (χ3v) is 9.83. The molecule has 258 valence electrons. The molecule has 4 rings (SSSR count). The fourth-order valence-electron chi connectivity index (χ4n) is 5.44. The summed E-state index contributed by atoms with van der Waals surface area (Å²) in [6.45, 7) is 2.16. The highest BCUT2D eigenvalue weighted by Crippen LogP contribution is 2.27. The third kappa shape index (κ3) is 9.97. The molecule has 4 amide bonds. The van der Waals surface area contributed by atoms with Crippen LogP contribution in [-0.2, 0) is 26.2 Å². The number of nitrogens with zero attached hydrogens (tertiary/aromatic N) is 3. The monoisotopic (exact) mass is 699 g/mol. The first kappa shape index (κ1) is 36.8. The number of sulfonamides is 1. The Morgan fingerprint density at radius 3 is 2.27 bits per heavy atom. The second-order valence-corrected chi connectivity index (χ2v) is 13.9. The average molecular weight is 700 g/mol. The van der Waals surface area contributed by atoms with Crippen LogP contribution in [-0.4, -0.2) is 66.0 Å². The SMILES string of the molecule is CCCCCCCCCCCCNS(=O)(=O)c1ccc(Cl)c(NC(=O)C(C(=O)c2cnco2)N2C(=O)CN(Cc3ccccc3)C2=O)c1. The highest BCUT2D eigenvalue weighted by atomic mass is 35.5. The topological polar surface area (TPSA) is 159 Å². The Kier molecular flexibility index (Phi) is 13.7. The predicted molar refractivity (Wildman–Crippen MR) is 181 cm³/mol. The van der Waals surface area contributed by atoms with Gasteiger partial charge in [-0.05, 0) is 30.2 Å². The van der Waals surface area contributed by atoms with Gasteiger partial charge >= 0.3 is 6.03 Å². The highest BCUT2D eigenvalue weighted by Gasteiger charge is 2.47. The van der Waals surface area contributed by atoms with E-state index in [4.69, 9.17) is 16.0 Å². The van der Waals surface area contributed by atoms with Gasteiger partial charge in [-0.25, -0.2) is 27.8 Å². The first-order valence-electron chi connectivity index (χ1n) is 16.3. The van der Waals surface area contributed by atoms with Gasteiger partial charge in [0, 0.05) is 13.1 Å². The van der Waals surface area contributed by atoms with Crippen LogP contribution in [0, 0.1) is 0 Å². The molecule has 12 nitrogen and oxygen atoms in total. The van der Waals surface area contributed by atoms with E-state index >= 15 is 0 Å². The van der Waals surface area contributed by atoms with E-state index in [0.717, 1.165) is 43.5 Å². The predicted octanol–water partition coefficient (Wildman–Crippen LogP) is 6.18. The van der Waals surface area contributed by atoms with Crippen LogP contribution in [0.1, 0.15) is 87.3 Å². The number of nitrogens with one attached hydrogen (secondary N) is 2. The zero-order valence-corrected chi connectivity index (χ0v) is 28.6. The molecule has 2 heterocycles. The van der Waals surface area contributed by atoms with Crippen LogP contribution in [0.15, 0.2) is 70.4 Å². The fourth-order valence-corrected chi connectivity index (χ4v) is 6.71. The maximum absolute atomic E-state index is 13.7. The number of anilines is 1. The number of hydrogen-bond acceptors (Lipinski definition) is 8.